The zero-order valence-electron chi connectivity index (χ0n) is 30.4. The lowest BCUT2D eigenvalue weighted by Gasteiger charge is -2.18. The summed E-state index contributed by atoms with van der Waals surface area (Å²) in [7, 11) is 0. The van der Waals surface area contributed by atoms with Crippen LogP contribution in [0.25, 0.3) is 98.8 Å². The standard InChI is InChI=1S/C48H30O/c1-2-13-32(14-3-1)47-39-19-6-8-21-41(39)48(42-22-9-7-20-40(42)47)36-17-10-16-33(28-36)34-24-26-45-43(29-34)44-30-35(25-27-46(44)49-45)38-23-11-15-31-12-4-5-18-37(31)38/h1-30H/i10D,16D,17D,28D. The van der Waals surface area contributed by atoms with Crippen molar-refractivity contribution in [3.63, 3.8) is 0 Å². The average molecular weight is 627 g/mol. The van der Waals surface area contributed by atoms with Crippen molar-refractivity contribution in [3.8, 4) is 44.5 Å². The molecular weight excluding hydrogens is 593 g/mol. The molecule has 0 saturated heterocycles. The summed E-state index contributed by atoms with van der Waals surface area (Å²) in [6.45, 7) is 0. The normalized spacial score (nSPS) is 12.8. The minimum Gasteiger partial charge on any atom is -0.456 e. The van der Waals surface area contributed by atoms with E-state index in [-0.39, 0.29) is 24.2 Å². The molecule has 1 heteroatoms. The van der Waals surface area contributed by atoms with E-state index in [1.54, 1.807) is 0 Å². The Morgan fingerprint density at radius 3 is 1.59 bits per heavy atom. The Labute approximate surface area is 289 Å². The summed E-state index contributed by atoms with van der Waals surface area (Å²) >= 11 is 0. The highest BCUT2D eigenvalue weighted by molar-refractivity contribution is 6.21. The Bertz CT molecular complexity index is 3040. The minimum atomic E-state index is -0.207. The number of fused-ring (bicyclic) bond motifs is 6. The van der Waals surface area contributed by atoms with Crippen molar-refractivity contribution in [2.75, 3.05) is 0 Å². The number of hydrogen-bond donors (Lipinski definition) is 0. The van der Waals surface area contributed by atoms with E-state index in [2.05, 4.69) is 72.8 Å². The van der Waals surface area contributed by atoms with Crippen LogP contribution in [0.3, 0.4) is 0 Å². The lowest BCUT2D eigenvalue weighted by molar-refractivity contribution is 0.669. The largest absolute Gasteiger partial charge is 0.456 e. The molecule has 10 aromatic rings. The van der Waals surface area contributed by atoms with Crippen LogP contribution in [-0.4, -0.2) is 0 Å². The van der Waals surface area contributed by atoms with Gasteiger partial charge in [-0.1, -0.05) is 152 Å². The first-order valence-electron chi connectivity index (χ1n) is 18.5. The molecule has 228 valence electrons. The number of hydrogen-bond acceptors (Lipinski definition) is 1. The fraction of sp³-hybridized carbons (Fsp3) is 0. The second-order valence-electron chi connectivity index (χ2n) is 12.5. The van der Waals surface area contributed by atoms with E-state index in [1.165, 1.54) is 10.8 Å². The van der Waals surface area contributed by atoms with Crippen LogP contribution in [0.1, 0.15) is 5.48 Å². The molecule has 49 heavy (non-hydrogen) atoms. The molecule has 10 rings (SSSR count). The van der Waals surface area contributed by atoms with Gasteiger partial charge in [-0.25, -0.2) is 0 Å². The predicted octanol–water partition coefficient (Wildman–Crippen LogP) is 13.7. The van der Waals surface area contributed by atoms with Crippen molar-refractivity contribution in [3.05, 3.63) is 182 Å². The van der Waals surface area contributed by atoms with E-state index in [4.69, 9.17) is 7.16 Å². The van der Waals surface area contributed by atoms with E-state index in [0.717, 1.165) is 65.7 Å². The maximum absolute atomic E-state index is 9.78. The molecule has 0 spiro atoms. The van der Waals surface area contributed by atoms with Gasteiger partial charge in [0.25, 0.3) is 0 Å². The van der Waals surface area contributed by atoms with E-state index >= 15 is 0 Å². The molecule has 1 aromatic heterocycles. The SMILES string of the molecule is [2H]c1c([2H])c(-c2ccc3oc4ccc(-c5cccc6ccccc56)cc4c3c2)c([2H])c(-c2c3ccccc3c(-c3ccccc3)c3ccccc23)c1[2H]. The number of rotatable bonds is 4. The number of benzene rings is 9. The van der Waals surface area contributed by atoms with Crippen LogP contribution < -0.4 is 0 Å². The van der Waals surface area contributed by atoms with Gasteiger partial charge in [0.05, 0.1) is 5.48 Å². The molecule has 0 bridgehead atoms. The molecule has 0 aliphatic rings. The summed E-state index contributed by atoms with van der Waals surface area (Å²) in [6, 6.07) is 52.8. The number of furan rings is 1. The molecule has 0 aliphatic carbocycles. The van der Waals surface area contributed by atoms with Crippen LogP contribution in [0.5, 0.6) is 0 Å². The van der Waals surface area contributed by atoms with Gasteiger partial charge in [0.2, 0.25) is 0 Å². The van der Waals surface area contributed by atoms with Crippen LogP contribution in [0, 0.1) is 0 Å². The molecule has 9 aromatic carbocycles. The van der Waals surface area contributed by atoms with Crippen molar-refractivity contribution in [1.82, 2.24) is 0 Å². The Kier molecular flexibility index (Phi) is 5.38. The Morgan fingerprint density at radius 2 is 0.898 bits per heavy atom. The summed E-state index contributed by atoms with van der Waals surface area (Å²) in [5, 5.41) is 7.94. The van der Waals surface area contributed by atoms with Crippen LogP contribution in [0.2, 0.25) is 0 Å². The Hall–Kier alpha value is -6.44. The lowest BCUT2D eigenvalue weighted by Crippen LogP contribution is -1.91. The zero-order chi connectivity index (χ0) is 35.8. The molecule has 0 N–H and O–H groups in total. The minimum absolute atomic E-state index is 0.0577. The second kappa shape index (κ2) is 11.1. The summed E-state index contributed by atoms with van der Waals surface area (Å²) in [5.41, 5.74) is 7.85. The van der Waals surface area contributed by atoms with Gasteiger partial charge < -0.3 is 4.42 Å². The van der Waals surface area contributed by atoms with Gasteiger partial charge in [0.1, 0.15) is 11.2 Å². The third-order valence-corrected chi connectivity index (χ3v) is 9.73. The van der Waals surface area contributed by atoms with Gasteiger partial charge >= 0.3 is 0 Å². The molecule has 0 amide bonds. The van der Waals surface area contributed by atoms with Gasteiger partial charge in [0.15, 0.2) is 0 Å². The molecule has 0 aliphatic heterocycles. The van der Waals surface area contributed by atoms with Crippen molar-refractivity contribution in [2.45, 2.75) is 0 Å². The fourth-order valence-corrected chi connectivity index (χ4v) is 7.50. The van der Waals surface area contributed by atoms with Crippen LogP contribution in [-0.2, 0) is 0 Å². The molecule has 0 radical (unpaired) electrons. The van der Waals surface area contributed by atoms with Crippen molar-refractivity contribution in [2.24, 2.45) is 0 Å². The van der Waals surface area contributed by atoms with Crippen LogP contribution >= 0.6 is 0 Å². The van der Waals surface area contributed by atoms with Crippen LogP contribution in [0.4, 0.5) is 0 Å². The topological polar surface area (TPSA) is 13.1 Å². The first-order chi connectivity index (χ1) is 26.0. The predicted molar refractivity (Wildman–Crippen MR) is 208 cm³/mol. The van der Waals surface area contributed by atoms with Gasteiger partial charge in [-0.05, 0) is 107 Å². The molecule has 0 fully saturated rings. The second-order valence-corrected chi connectivity index (χ2v) is 12.5. The average Bonchev–Trinajstić information content (AvgIpc) is 3.57. The monoisotopic (exact) mass is 626 g/mol. The van der Waals surface area contributed by atoms with E-state index < -0.39 is 0 Å². The summed E-state index contributed by atoms with van der Waals surface area (Å²) in [5.74, 6) is 0. The summed E-state index contributed by atoms with van der Waals surface area (Å²) < 4.78 is 43.6. The maximum Gasteiger partial charge on any atom is 0.135 e. The Morgan fingerprint density at radius 1 is 0.367 bits per heavy atom. The van der Waals surface area contributed by atoms with Gasteiger partial charge in [-0.3, -0.25) is 0 Å². The highest BCUT2D eigenvalue weighted by atomic mass is 16.3. The molecule has 0 saturated carbocycles. The van der Waals surface area contributed by atoms with Gasteiger partial charge in [-0.2, -0.15) is 0 Å². The van der Waals surface area contributed by atoms with Crippen molar-refractivity contribution < 1.29 is 9.90 Å². The van der Waals surface area contributed by atoms with E-state index in [1.807, 2.05) is 84.9 Å². The van der Waals surface area contributed by atoms with E-state index in [0.29, 0.717) is 22.3 Å². The molecule has 1 nitrogen and oxygen atoms in total. The van der Waals surface area contributed by atoms with Gasteiger partial charge in [-0.15, -0.1) is 0 Å². The zero-order valence-corrected chi connectivity index (χ0v) is 26.4. The summed E-state index contributed by atoms with van der Waals surface area (Å²) in [6.07, 6.45) is 0. The first kappa shape index (κ1) is 23.8. The lowest BCUT2D eigenvalue weighted by atomic mass is 9.85. The third kappa shape index (κ3) is 4.47. The molecule has 1 heterocycles. The maximum atomic E-state index is 9.78. The highest BCUT2D eigenvalue weighted by Crippen LogP contribution is 2.44. The molecular formula is C48H30O. The van der Waals surface area contributed by atoms with Crippen molar-refractivity contribution in [1.29, 1.82) is 0 Å². The molecule has 0 unspecified atom stereocenters. The Balaban J connectivity index is 1.22. The summed E-state index contributed by atoms with van der Waals surface area (Å²) in [4.78, 5) is 0. The smallest absolute Gasteiger partial charge is 0.135 e. The first-order valence-corrected chi connectivity index (χ1v) is 16.5. The van der Waals surface area contributed by atoms with Crippen molar-refractivity contribution >= 4 is 54.3 Å². The highest BCUT2D eigenvalue weighted by Gasteiger charge is 2.17. The quantitative estimate of drug-likeness (QED) is 0.177. The third-order valence-electron chi connectivity index (χ3n) is 9.73. The van der Waals surface area contributed by atoms with E-state index in [9.17, 15) is 2.74 Å². The van der Waals surface area contributed by atoms with Crippen LogP contribution in [0.15, 0.2) is 186 Å². The molecule has 0 atom stereocenters. The van der Waals surface area contributed by atoms with Gasteiger partial charge in [0, 0.05) is 10.8 Å². The fourth-order valence-electron chi connectivity index (χ4n) is 7.50.